The third-order valence-electron chi connectivity index (χ3n) is 9.14. The van der Waals surface area contributed by atoms with Crippen LogP contribution in [-0.2, 0) is 35.0 Å². The van der Waals surface area contributed by atoms with E-state index >= 15 is 0 Å². The molecule has 0 amide bonds. The van der Waals surface area contributed by atoms with Crippen molar-refractivity contribution in [3.8, 4) is 29.0 Å². The van der Waals surface area contributed by atoms with Crippen LogP contribution in [0.25, 0.3) is 0 Å². The van der Waals surface area contributed by atoms with Crippen LogP contribution in [0.3, 0.4) is 0 Å². The summed E-state index contributed by atoms with van der Waals surface area (Å²) in [6, 6.07) is 11.1. The molecule has 12 nitrogen and oxygen atoms in total. The van der Waals surface area contributed by atoms with Gasteiger partial charge in [-0.05, 0) is 42.3 Å². The van der Waals surface area contributed by atoms with E-state index in [9.17, 15) is 9.59 Å². The third kappa shape index (κ3) is 7.87. The predicted octanol–water partition coefficient (Wildman–Crippen LogP) is 6.49. The monoisotopic (exact) mass is 728 g/mol. The molecule has 3 unspecified atom stereocenters. The fourth-order valence-electron chi connectivity index (χ4n) is 6.29. The van der Waals surface area contributed by atoms with Crippen LogP contribution in [0.15, 0.2) is 42.6 Å². The van der Waals surface area contributed by atoms with Gasteiger partial charge in [0.05, 0.1) is 39.3 Å². The molecule has 0 saturated carbocycles. The van der Waals surface area contributed by atoms with Crippen molar-refractivity contribution in [1.29, 1.82) is 0 Å². The first-order valence-corrected chi connectivity index (χ1v) is 21.3. The Morgan fingerprint density at radius 1 is 1.06 bits per heavy atom. The summed E-state index contributed by atoms with van der Waals surface area (Å²) in [4.78, 5) is 34.2. The van der Waals surface area contributed by atoms with Crippen LogP contribution in [0.2, 0.25) is 25.2 Å². The standard InChI is InChI=1S/C36H48N2O10SSi/c1-8-10-11-26(50(5,6)7)20-43-22-48-34-37-19-31(38-34)36(27-14-13-25(41-3)17-29(27)45-21-32(39)44-9-2)35(49-36,33(40)42-4)18-24-12-15-28-30(16-24)47-23-46-28/h12-17,19,26H,8-11,18,20-23H2,1-7H3,(H,37,38). The van der Waals surface area contributed by atoms with Gasteiger partial charge in [0.2, 0.25) is 6.79 Å². The lowest BCUT2D eigenvalue weighted by Gasteiger charge is -2.28. The molecule has 0 aliphatic carbocycles. The van der Waals surface area contributed by atoms with E-state index in [-0.39, 0.29) is 39.2 Å². The Hall–Kier alpha value is -3.88. The van der Waals surface area contributed by atoms with Crippen LogP contribution in [0.5, 0.6) is 29.0 Å². The topological polar surface area (TPSA) is 137 Å². The van der Waals surface area contributed by atoms with E-state index in [2.05, 4.69) is 36.5 Å². The minimum Gasteiger partial charge on any atom is -0.497 e. The quantitative estimate of drug-likeness (QED) is 0.0475. The number of rotatable bonds is 19. The maximum absolute atomic E-state index is 14.0. The fourth-order valence-corrected chi connectivity index (χ4v) is 9.72. The lowest BCUT2D eigenvalue weighted by atomic mass is 9.79. The Balaban J connectivity index is 1.50. The summed E-state index contributed by atoms with van der Waals surface area (Å²) in [5.41, 5.74) is 2.54. The Kier molecular flexibility index (Phi) is 11.9. The molecule has 3 aromatic rings. The molecule has 2 aliphatic heterocycles. The van der Waals surface area contributed by atoms with Crippen molar-refractivity contribution in [2.45, 2.75) is 74.2 Å². The zero-order chi connectivity index (χ0) is 35.9. The second-order valence-corrected chi connectivity index (χ2v) is 20.4. The molecule has 3 atom stereocenters. The Labute approximate surface area is 298 Å². The summed E-state index contributed by atoms with van der Waals surface area (Å²) >= 11 is 1.39. The first-order chi connectivity index (χ1) is 24.0. The highest BCUT2D eigenvalue weighted by atomic mass is 32.2. The first-order valence-electron chi connectivity index (χ1n) is 16.9. The van der Waals surface area contributed by atoms with Crippen LogP contribution < -0.4 is 23.7 Å². The molecule has 5 rings (SSSR count). The Morgan fingerprint density at radius 2 is 1.86 bits per heavy atom. The van der Waals surface area contributed by atoms with Crippen LogP contribution >= 0.6 is 11.8 Å². The zero-order valence-corrected chi connectivity index (χ0v) is 31.7. The number of esters is 2. The Bertz CT molecular complexity index is 1640. The van der Waals surface area contributed by atoms with Crippen LogP contribution in [0.1, 0.15) is 49.9 Å². The van der Waals surface area contributed by atoms with Crippen molar-refractivity contribution in [2.24, 2.45) is 0 Å². The number of unbranched alkanes of at least 4 members (excludes halogenated alkanes) is 1. The second-order valence-electron chi connectivity index (χ2n) is 13.4. The van der Waals surface area contributed by atoms with Gasteiger partial charge in [0.15, 0.2) is 24.9 Å². The molecule has 0 spiro atoms. The normalized spacial score (nSPS) is 19.8. The lowest BCUT2D eigenvalue weighted by molar-refractivity contribution is -0.145. The average molecular weight is 729 g/mol. The molecule has 0 radical (unpaired) electrons. The zero-order valence-electron chi connectivity index (χ0n) is 29.9. The van der Waals surface area contributed by atoms with E-state index in [0.29, 0.717) is 46.4 Å². The largest absolute Gasteiger partial charge is 0.497 e. The van der Waals surface area contributed by atoms with Crippen molar-refractivity contribution in [3.63, 3.8) is 0 Å². The highest BCUT2D eigenvalue weighted by Crippen LogP contribution is 2.76. The molecule has 1 fully saturated rings. The Morgan fingerprint density at radius 3 is 2.58 bits per heavy atom. The highest BCUT2D eigenvalue weighted by molar-refractivity contribution is 8.10. The van der Waals surface area contributed by atoms with Crippen LogP contribution in [0, 0.1) is 0 Å². The van der Waals surface area contributed by atoms with Gasteiger partial charge in [-0.2, -0.15) is 0 Å². The second kappa shape index (κ2) is 16.0. The van der Waals surface area contributed by atoms with E-state index in [4.69, 9.17) is 37.9 Å². The molecular formula is C36H48N2O10SSi. The molecular weight excluding hydrogens is 681 g/mol. The summed E-state index contributed by atoms with van der Waals surface area (Å²) in [5.74, 6) is 1.11. The van der Waals surface area contributed by atoms with Crippen molar-refractivity contribution in [1.82, 2.24) is 9.97 Å². The maximum Gasteiger partial charge on any atom is 0.344 e. The van der Waals surface area contributed by atoms with E-state index in [1.54, 1.807) is 32.4 Å². The van der Waals surface area contributed by atoms with Gasteiger partial charge < -0.3 is 42.9 Å². The molecule has 2 aliphatic rings. The summed E-state index contributed by atoms with van der Waals surface area (Å²) < 4.78 is 43.1. The lowest BCUT2D eigenvalue weighted by Crippen LogP contribution is -2.37. The molecule has 0 bridgehead atoms. The number of methoxy groups -OCH3 is 2. The number of ether oxygens (including phenoxy) is 8. The van der Waals surface area contributed by atoms with Gasteiger partial charge in [0.1, 0.15) is 21.0 Å². The van der Waals surface area contributed by atoms with Gasteiger partial charge in [-0.1, -0.05) is 51.9 Å². The van der Waals surface area contributed by atoms with Crippen LogP contribution in [0.4, 0.5) is 0 Å². The molecule has 14 heteroatoms. The number of hydrogen-bond acceptors (Lipinski definition) is 12. The molecule has 1 N–H and O–H groups in total. The number of thioether (sulfide) groups is 1. The summed E-state index contributed by atoms with van der Waals surface area (Å²) in [6.07, 6.45) is 5.37. The van der Waals surface area contributed by atoms with Gasteiger partial charge >= 0.3 is 11.9 Å². The maximum atomic E-state index is 14.0. The molecule has 272 valence electrons. The number of carbonyl (C=O) groups is 2. The SMILES string of the molecule is CCCCC(COCOc1ncc(C2(c3ccc(OC)cc3OCC(=O)OCC)SC2(Cc2ccc3c(c2)OCO3)C(=O)OC)[nH]1)[Si](C)(C)C. The van der Waals surface area contributed by atoms with Crippen molar-refractivity contribution in [3.05, 3.63) is 59.4 Å². The number of aromatic nitrogens is 2. The van der Waals surface area contributed by atoms with Gasteiger partial charge in [0.25, 0.3) is 6.01 Å². The van der Waals surface area contributed by atoms with E-state index in [1.165, 1.54) is 25.3 Å². The molecule has 50 heavy (non-hydrogen) atoms. The summed E-state index contributed by atoms with van der Waals surface area (Å²) in [5, 5.41) is 0. The van der Waals surface area contributed by atoms with Crippen molar-refractivity contribution >= 4 is 31.8 Å². The van der Waals surface area contributed by atoms with Crippen LogP contribution in [-0.4, -0.2) is 82.4 Å². The number of nitrogens with zero attached hydrogens (tertiary/aromatic N) is 1. The van der Waals surface area contributed by atoms with E-state index in [0.717, 1.165) is 18.4 Å². The molecule has 2 aromatic carbocycles. The number of H-pyrrole nitrogens is 1. The van der Waals surface area contributed by atoms with Gasteiger partial charge in [-0.15, -0.1) is 11.8 Å². The highest BCUT2D eigenvalue weighted by Gasteiger charge is 2.77. The number of carbonyl (C=O) groups excluding carboxylic acids is 2. The first kappa shape index (κ1) is 37.4. The smallest absolute Gasteiger partial charge is 0.344 e. The minimum atomic E-state index is -1.42. The fraction of sp³-hybridized carbons (Fsp3) is 0.528. The minimum absolute atomic E-state index is 0.0238. The van der Waals surface area contributed by atoms with Gasteiger partial charge in [-0.25, -0.2) is 9.78 Å². The predicted molar refractivity (Wildman–Crippen MR) is 191 cm³/mol. The number of imidazole rings is 1. The molecule has 3 heterocycles. The van der Waals surface area contributed by atoms with E-state index in [1.807, 2.05) is 24.3 Å². The number of hydrogen-bond donors (Lipinski definition) is 1. The van der Waals surface area contributed by atoms with Gasteiger partial charge in [-0.3, -0.25) is 4.79 Å². The van der Waals surface area contributed by atoms with E-state index < -0.39 is 29.5 Å². The number of benzene rings is 2. The number of fused-ring (bicyclic) bond motifs is 1. The van der Waals surface area contributed by atoms with Gasteiger partial charge in [0, 0.05) is 26.1 Å². The van der Waals surface area contributed by atoms with Crippen molar-refractivity contribution < 1.29 is 47.5 Å². The number of nitrogens with one attached hydrogen (secondary N) is 1. The molecule has 1 aromatic heterocycles. The molecule has 1 saturated heterocycles. The summed E-state index contributed by atoms with van der Waals surface area (Å²) in [7, 11) is 1.49. The summed E-state index contributed by atoms with van der Waals surface area (Å²) in [6.45, 7) is 11.7. The average Bonchev–Trinajstić information content (AvgIpc) is 3.38. The third-order valence-corrected chi connectivity index (χ3v) is 13.9. The van der Waals surface area contributed by atoms with Crippen molar-refractivity contribution in [2.75, 3.05) is 47.6 Å². The number of aromatic amines is 1.